The molecule has 0 bridgehead atoms. The minimum Gasteiger partial charge on any atom is -0.354 e. The van der Waals surface area contributed by atoms with Crippen LogP contribution >= 0.6 is 0 Å². The van der Waals surface area contributed by atoms with Crippen LogP contribution in [0.3, 0.4) is 0 Å². The summed E-state index contributed by atoms with van der Waals surface area (Å²) in [6, 6.07) is 6.99. The highest BCUT2D eigenvalue weighted by atomic mass is 32.2. The number of aromatic nitrogens is 2. The Labute approximate surface area is 190 Å². The molecule has 1 aliphatic heterocycles. The van der Waals surface area contributed by atoms with E-state index >= 15 is 0 Å². The number of carbonyl (C=O) groups is 1. The summed E-state index contributed by atoms with van der Waals surface area (Å²) in [6.07, 6.45) is 8.56. The summed E-state index contributed by atoms with van der Waals surface area (Å²) in [5.74, 6) is -0.150. The smallest absolute Gasteiger partial charge is 0.268 e. The van der Waals surface area contributed by atoms with Gasteiger partial charge < -0.3 is 5.32 Å². The van der Waals surface area contributed by atoms with E-state index in [9.17, 15) is 13.2 Å². The number of nitrogens with one attached hydrogen (secondary N) is 1. The second-order valence-electron chi connectivity index (χ2n) is 8.73. The van der Waals surface area contributed by atoms with Gasteiger partial charge in [0.2, 0.25) is 5.91 Å². The van der Waals surface area contributed by atoms with Gasteiger partial charge in [-0.3, -0.25) is 13.8 Å². The van der Waals surface area contributed by atoms with Crippen LogP contribution < -0.4 is 9.62 Å². The molecule has 2 aliphatic rings. The number of nitrogens with zero attached hydrogens (tertiary/aromatic N) is 3. The summed E-state index contributed by atoms with van der Waals surface area (Å²) in [7, 11) is -3.77. The summed E-state index contributed by atoms with van der Waals surface area (Å²) >= 11 is 0. The van der Waals surface area contributed by atoms with Crippen LogP contribution in [0.15, 0.2) is 40.8 Å². The van der Waals surface area contributed by atoms with Crippen molar-refractivity contribution in [2.45, 2.75) is 70.2 Å². The van der Waals surface area contributed by atoms with Crippen molar-refractivity contribution in [2.24, 2.45) is 0 Å². The second-order valence-corrected chi connectivity index (χ2v) is 10.5. The third kappa shape index (κ3) is 4.20. The van der Waals surface area contributed by atoms with Crippen LogP contribution in [0.25, 0.3) is 0 Å². The normalized spacial score (nSPS) is 17.1. The van der Waals surface area contributed by atoms with E-state index in [1.807, 2.05) is 24.3 Å². The first-order valence-corrected chi connectivity index (χ1v) is 12.9. The summed E-state index contributed by atoms with van der Waals surface area (Å²) in [5, 5.41) is 7.45. The fourth-order valence-corrected chi connectivity index (χ4v) is 6.67. The minimum absolute atomic E-state index is 0.150. The lowest BCUT2D eigenvalue weighted by molar-refractivity contribution is -0.124. The Morgan fingerprint density at radius 2 is 1.97 bits per heavy atom. The van der Waals surface area contributed by atoms with Gasteiger partial charge in [0.15, 0.2) is 0 Å². The number of anilines is 1. The molecule has 0 spiro atoms. The van der Waals surface area contributed by atoms with Crippen LogP contribution in [0.1, 0.15) is 62.0 Å². The zero-order chi connectivity index (χ0) is 22.9. The third-order valence-corrected chi connectivity index (χ3v) is 8.59. The Morgan fingerprint density at radius 3 is 2.72 bits per heavy atom. The van der Waals surface area contributed by atoms with Gasteiger partial charge in [-0.15, -0.1) is 0 Å². The van der Waals surface area contributed by atoms with Crippen molar-refractivity contribution >= 4 is 21.6 Å². The molecule has 2 aromatic rings. The van der Waals surface area contributed by atoms with Gasteiger partial charge in [-0.1, -0.05) is 29.8 Å². The van der Waals surface area contributed by atoms with Crippen molar-refractivity contribution in [3.05, 3.63) is 52.9 Å². The second kappa shape index (κ2) is 9.10. The Hall–Kier alpha value is -2.61. The summed E-state index contributed by atoms with van der Waals surface area (Å²) in [6.45, 7) is 6.18. The third-order valence-electron chi connectivity index (χ3n) is 6.53. The number of para-hydroxylation sites is 1. The molecular weight excluding hydrogens is 424 g/mol. The number of fused-ring (bicyclic) bond motifs is 1. The SMILES string of the molecule is Cc1nn(C(C)C(=O)NCCC2=CCCCC2)c(C)c1S(=O)(=O)N1CCc2ccccc21. The molecular formula is C24H32N4O3S. The van der Waals surface area contributed by atoms with Gasteiger partial charge in [0.25, 0.3) is 10.0 Å². The summed E-state index contributed by atoms with van der Waals surface area (Å²) < 4.78 is 30.1. The fourth-order valence-electron chi connectivity index (χ4n) is 4.80. The number of amides is 1. The van der Waals surface area contributed by atoms with Crippen LogP contribution in [0.2, 0.25) is 0 Å². The largest absolute Gasteiger partial charge is 0.354 e. The van der Waals surface area contributed by atoms with Gasteiger partial charge in [-0.25, -0.2) is 8.42 Å². The number of hydrogen-bond acceptors (Lipinski definition) is 4. The van der Waals surface area contributed by atoms with Crippen LogP contribution in [0.5, 0.6) is 0 Å². The van der Waals surface area contributed by atoms with Crippen molar-refractivity contribution in [1.82, 2.24) is 15.1 Å². The molecule has 1 unspecified atom stereocenters. The maximum absolute atomic E-state index is 13.6. The molecule has 0 radical (unpaired) electrons. The molecule has 1 aromatic heterocycles. The lowest BCUT2D eigenvalue weighted by Gasteiger charge is -2.20. The highest BCUT2D eigenvalue weighted by Gasteiger charge is 2.36. The van der Waals surface area contributed by atoms with Gasteiger partial charge in [-0.2, -0.15) is 5.10 Å². The molecule has 0 saturated carbocycles. The van der Waals surface area contributed by atoms with E-state index in [1.54, 1.807) is 25.5 Å². The summed E-state index contributed by atoms with van der Waals surface area (Å²) in [4.78, 5) is 13.0. The molecule has 32 heavy (non-hydrogen) atoms. The van der Waals surface area contributed by atoms with Crippen molar-refractivity contribution < 1.29 is 13.2 Å². The highest BCUT2D eigenvalue weighted by Crippen LogP contribution is 2.35. The predicted molar refractivity (Wildman–Crippen MR) is 125 cm³/mol. The molecule has 4 rings (SSSR count). The van der Waals surface area contributed by atoms with E-state index < -0.39 is 16.1 Å². The van der Waals surface area contributed by atoms with Crippen molar-refractivity contribution in [3.8, 4) is 0 Å². The topological polar surface area (TPSA) is 84.3 Å². The standard InChI is InChI=1S/C24H32N4O3S/c1-17-23(32(30,31)27-16-14-21-11-7-8-12-22(21)27)18(2)28(26-17)19(3)24(29)25-15-13-20-9-5-4-6-10-20/h7-9,11-12,19H,4-6,10,13-16H2,1-3H3,(H,25,29). The van der Waals surface area contributed by atoms with Gasteiger partial charge >= 0.3 is 0 Å². The number of sulfonamides is 1. The molecule has 8 heteroatoms. The zero-order valence-corrected chi connectivity index (χ0v) is 19.9. The van der Waals surface area contributed by atoms with E-state index in [1.165, 1.54) is 22.7 Å². The van der Waals surface area contributed by atoms with Gasteiger partial charge in [0.1, 0.15) is 10.9 Å². The fraction of sp³-hybridized carbons (Fsp3) is 0.500. The number of benzene rings is 1. The maximum atomic E-state index is 13.6. The molecule has 1 amide bonds. The Morgan fingerprint density at radius 1 is 1.19 bits per heavy atom. The first kappa shape index (κ1) is 22.6. The van der Waals surface area contributed by atoms with Crippen LogP contribution in [0.4, 0.5) is 5.69 Å². The van der Waals surface area contributed by atoms with Crippen molar-refractivity contribution in [1.29, 1.82) is 0 Å². The molecule has 1 atom stereocenters. The quantitative estimate of drug-likeness (QED) is 0.642. The highest BCUT2D eigenvalue weighted by molar-refractivity contribution is 7.93. The van der Waals surface area contributed by atoms with E-state index in [0.29, 0.717) is 30.9 Å². The van der Waals surface area contributed by atoms with Gasteiger partial charge in [0.05, 0.1) is 17.1 Å². The van der Waals surface area contributed by atoms with E-state index in [2.05, 4.69) is 16.5 Å². The molecule has 0 fully saturated rings. The first-order chi connectivity index (χ1) is 15.3. The zero-order valence-electron chi connectivity index (χ0n) is 19.1. The van der Waals surface area contributed by atoms with Crippen molar-refractivity contribution in [3.63, 3.8) is 0 Å². The van der Waals surface area contributed by atoms with E-state index in [4.69, 9.17) is 0 Å². The number of hydrogen-bond donors (Lipinski definition) is 1. The maximum Gasteiger partial charge on any atom is 0.268 e. The van der Waals surface area contributed by atoms with E-state index in [-0.39, 0.29) is 10.8 Å². The molecule has 7 nitrogen and oxygen atoms in total. The van der Waals surface area contributed by atoms with E-state index in [0.717, 1.165) is 30.5 Å². The average molecular weight is 457 g/mol. The van der Waals surface area contributed by atoms with Crippen molar-refractivity contribution in [2.75, 3.05) is 17.4 Å². The molecule has 1 aromatic carbocycles. The summed E-state index contributed by atoms with van der Waals surface area (Å²) in [5.41, 5.74) is 4.07. The van der Waals surface area contributed by atoms with Gasteiger partial charge in [0, 0.05) is 13.1 Å². The Balaban J connectivity index is 1.51. The molecule has 1 aliphatic carbocycles. The Kier molecular flexibility index (Phi) is 6.42. The number of allylic oxidation sites excluding steroid dienone is 1. The molecule has 0 saturated heterocycles. The molecule has 1 N–H and O–H groups in total. The number of rotatable bonds is 7. The van der Waals surface area contributed by atoms with Crippen LogP contribution in [-0.2, 0) is 21.2 Å². The average Bonchev–Trinajstić information content (AvgIpc) is 3.35. The number of carbonyl (C=O) groups excluding carboxylic acids is 1. The lowest BCUT2D eigenvalue weighted by atomic mass is 9.97. The monoisotopic (exact) mass is 456 g/mol. The first-order valence-electron chi connectivity index (χ1n) is 11.4. The van der Waals surface area contributed by atoms with Crippen LogP contribution in [-0.4, -0.2) is 37.2 Å². The lowest BCUT2D eigenvalue weighted by Crippen LogP contribution is -2.33. The number of aryl methyl sites for hydroxylation is 1. The predicted octanol–water partition coefficient (Wildman–Crippen LogP) is 3.82. The van der Waals surface area contributed by atoms with Crippen LogP contribution in [0, 0.1) is 13.8 Å². The van der Waals surface area contributed by atoms with Gasteiger partial charge in [-0.05, 0) is 70.9 Å². The molecule has 172 valence electrons. The minimum atomic E-state index is -3.77. The molecule has 2 heterocycles. The Bertz CT molecular complexity index is 1150.